The van der Waals surface area contributed by atoms with Gasteiger partial charge in [0.15, 0.2) is 0 Å². The van der Waals surface area contributed by atoms with Crippen LogP contribution in [0.1, 0.15) is 23.1 Å². The zero-order valence-electron chi connectivity index (χ0n) is 7.53. The molecule has 78 valence electrons. The fraction of sp³-hybridized carbons (Fsp3) is 0.571. The third-order valence-electron chi connectivity index (χ3n) is 1.53. The molecule has 1 unspecified atom stereocenters. The monoisotopic (exact) mass is 235 g/mol. The topological polar surface area (TPSA) is 75.1 Å². The molecule has 1 amide bonds. The third-order valence-corrected chi connectivity index (χ3v) is 2.55. The highest BCUT2D eigenvalue weighted by Crippen LogP contribution is 2.14. The number of halogens is 1. The second-order valence-corrected chi connectivity index (χ2v) is 4.31. The predicted octanol–water partition coefficient (Wildman–Crippen LogP) is 0.692. The van der Waals surface area contributed by atoms with Crippen LogP contribution >= 0.6 is 22.9 Å². The number of aliphatic hydroxyl groups is 1. The average Bonchev–Trinajstić information content (AvgIpc) is 2.52. The van der Waals surface area contributed by atoms with Crippen LogP contribution in [-0.2, 0) is 0 Å². The molecule has 0 aliphatic heterocycles. The molecule has 0 bridgehead atoms. The van der Waals surface area contributed by atoms with Gasteiger partial charge in [-0.15, -0.1) is 10.2 Å². The van der Waals surface area contributed by atoms with Crippen molar-refractivity contribution in [2.24, 2.45) is 0 Å². The van der Waals surface area contributed by atoms with E-state index in [1.807, 2.05) is 0 Å². The summed E-state index contributed by atoms with van der Waals surface area (Å²) < 4.78 is 0.241. The molecule has 0 saturated carbocycles. The standard InChI is InChI=1S/C7H10ClN3O2S/c1-4(2-3-12)9-5(13)6-10-11-7(8)14-6/h4,12H,2-3H2,1H3,(H,9,13). The number of aliphatic hydroxyl groups excluding tert-OH is 1. The molecule has 14 heavy (non-hydrogen) atoms. The molecule has 2 N–H and O–H groups in total. The Kier molecular flexibility index (Phi) is 4.24. The largest absolute Gasteiger partial charge is 0.396 e. The van der Waals surface area contributed by atoms with Gasteiger partial charge < -0.3 is 10.4 Å². The van der Waals surface area contributed by atoms with Gasteiger partial charge in [-0.2, -0.15) is 0 Å². The molecular weight excluding hydrogens is 226 g/mol. The van der Waals surface area contributed by atoms with Crippen molar-refractivity contribution in [2.75, 3.05) is 6.61 Å². The summed E-state index contributed by atoms with van der Waals surface area (Å²) >= 11 is 6.55. The number of carbonyl (C=O) groups is 1. The molecule has 0 spiro atoms. The van der Waals surface area contributed by atoms with E-state index in [0.29, 0.717) is 6.42 Å². The minimum atomic E-state index is -0.310. The summed E-state index contributed by atoms with van der Waals surface area (Å²) in [5.41, 5.74) is 0. The van der Waals surface area contributed by atoms with Crippen LogP contribution in [0.2, 0.25) is 4.47 Å². The van der Waals surface area contributed by atoms with Crippen molar-refractivity contribution in [2.45, 2.75) is 19.4 Å². The first-order valence-electron chi connectivity index (χ1n) is 4.04. The van der Waals surface area contributed by atoms with Crippen molar-refractivity contribution in [1.29, 1.82) is 0 Å². The van der Waals surface area contributed by atoms with E-state index in [1.165, 1.54) is 0 Å². The van der Waals surface area contributed by atoms with E-state index in [4.69, 9.17) is 16.7 Å². The summed E-state index contributed by atoms with van der Waals surface area (Å²) in [6.45, 7) is 1.84. The second-order valence-electron chi connectivity index (χ2n) is 2.75. The number of carbonyl (C=O) groups excluding carboxylic acids is 1. The number of amides is 1. The molecule has 0 fully saturated rings. The van der Waals surface area contributed by atoms with Crippen LogP contribution in [0.15, 0.2) is 0 Å². The zero-order valence-corrected chi connectivity index (χ0v) is 9.10. The van der Waals surface area contributed by atoms with Crippen molar-refractivity contribution in [3.63, 3.8) is 0 Å². The summed E-state index contributed by atoms with van der Waals surface area (Å²) in [4.78, 5) is 11.4. The zero-order chi connectivity index (χ0) is 10.6. The smallest absolute Gasteiger partial charge is 0.282 e. The molecule has 1 atom stereocenters. The van der Waals surface area contributed by atoms with E-state index < -0.39 is 0 Å². The molecule has 1 rings (SSSR count). The molecule has 0 aliphatic carbocycles. The van der Waals surface area contributed by atoms with Gasteiger partial charge in [0.05, 0.1) is 0 Å². The maximum absolute atomic E-state index is 11.4. The van der Waals surface area contributed by atoms with Crippen molar-refractivity contribution in [3.8, 4) is 0 Å². The fourth-order valence-corrected chi connectivity index (χ4v) is 1.58. The van der Waals surface area contributed by atoms with Crippen LogP contribution in [0.25, 0.3) is 0 Å². The lowest BCUT2D eigenvalue weighted by molar-refractivity contribution is 0.0933. The molecule has 0 radical (unpaired) electrons. The highest BCUT2D eigenvalue weighted by atomic mass is 35.5. The maximum atomic E-state index is 11.4. The van der Waals surface area contributed by atoms with Crippen LogP contribution in [0.4, 0.5) is 0 Å². The van der Waals surface area contributed by atoms with Gasteiger partial charge in [0, 0.05) is 12.6 Å². The first-order valence-corrected chi connectivity index (χ1v) is 5.23. The van der Waals surface area contributed by atoms with Crippen molar-refractivity contribution >= 4 is 28.8 Å². The Bertz CT molecular complexity index is 318. The number of nitrogens with one attached hydrogen (secondary N) is 1. The van der Waals surface area contributed by atoms with Gasteiger partial charge in [-0.3, -0.25) is 4.79 Å². The molecule has 5 nitrogen and oxygen atoms in total. The van der Waals surface area contributed by atoms with E-state index in [0.717, 1.165) is 11.3 Å². The summed E-state index contributed by atoms with van der Waals surface area (Å²) in [7, 11) is 0. The second kappa shape index (κ2) is 5.23. The van der Waals surface area contributed by atoms with Crippen molar-refractivity contribution in [3.05, 3.63) is 9.47 Å². The molecule has 1 aromatic heterocycles. The number of nitrogens with zero attached hydrogens (tertiary/aromatic N) is 2. The first-order chi connectivity index (χ1) is 6.63. The van der Waals surface area contributed by atoms with Crippen LogP contribution in [0.5, 0.6) is 0 Å². The number of rotatable bonds is 4. The SMILES string of the molecule is CC(CCO)NC(=O)c1nnc(Cl)s1. The number of hydrogen-bond acceptors (Lipinski definition) is 5. The quantitative estimate of drug-likeness (QED) is 0.805. The third kappa shape index (κ3) is 3.21. The lowest BCUT2D eigenvalue weighted by Gasteiger charge is -2.09. The molecule has 1 heterocycles. The minimum Gasteiger partial charge on any atom is -0.396 e. The van der Waals surface area contributed by atoms with Gasteiger partial charge in [-0.25, -0.2) is 0 Å². The Hall–Kier alpha value is -0.720. The van der Waals surface area contributed by atoms with Gasteiger partial charge in [0.25, 0.3) is 5.91 Å². The van der Waals surface area contributed by atoms with E-state index in [2.05, 4.69) is 15.5 Å². The number of hydrogen-bond donors (Lipinski definition) is 2. The summed E-state index contributed by atoms with van der Waals surface area (Å²) in [5, 5.41) is 18.6. The Balaban J connectivity index is 2.50. The summed E-state index contributed by atoms with van der Waals surface area (Å²) in [6, 6.07) is -0.0878. The molecule has 0 aromatic carbocycles. The summed E-state index contributed by atoms with van der Waals surface area (Å²) in [5.74, 6) is -0.310. The van der Waals surface area contributed by atoms with Gasteiger partial charge >= 0.3 is 0 Å². The van der Waals surface area contributed by atoms with E-state index in [1.54, 1.807) is 6.92 Å². The van der Waals surface area contributed by atoms with E-state index in [9.17, 15) is 4.79 Å². The normalized spacial score (nSPS) is 12.5. The highest BCUT2D eigenvalue weighted by molar-refractivity contribution is 7.17. The van der Waals surface area contributed by atoms with Gasteiger partial charge in [0.2, 0.25) is 9.47 Å². The Labute approximate surface area is 90.1 Å². The van der Waals surface area contributed by atoms with E-state index in [-0.39, 0.29) is 28.0 Å². The van der Waals surface area contributed by atoms with Gasteiger partial charge in [0.1, 0.15) is 0 Å². The summed E-state index contributed by atoms with van der Waals surface area (Å²) in [6.07, 6.45) is 0.512. The van der Waals surface area contributed by atoms with Gasteiger partial charge in [-0.05, 0) is 24.9 Å². The Morgan fingerprint density at radius 2 is 2.43 bits per heavy atom. The molecular formula is C7H10ClN3O2S. The number of aromatic nitrogens is 2. The Morgan fingerprint density at radius 3 is 2.93 bits per heavy atom. The average molecular weight is 236 g/mol. The van der Waals surface area contributed by atoms with Crippen LogP contribution in [0.3, 0.4) is 0 Å². The van der Waals surface area contributed by atoms with Crippen molar-refractivity contribution < 1.29 is 9.90 Å². The van der Waals surface area contributed by atoms with Crippen LogP contribution < -0.4 is 5.32 Å². The Morgan fingerprint density at radius 1 is 1.71 bits per heavy atom. The first kappa shape index (κ1) is 11.4. The molecule has 0 saturated heterocycles. The lowest BCUT2D eigenvalue weighted by Crippen LogP contribution is -2.33. The molecule has 7 heteroatoms. The lowest BCUT2D eigenvalue weighted by atomic mass is 10.2. The fourth-order valence-electron chi connectivity index (χ4n) is 0.848. The minimum absolute atomic E-state index is 0.0400. The van der Waals surface area contributed by atoms with Gasteiger partial charge in [-0.1, -0.05) is 11.3 Å². The van der Waals surface area contributed by atoms with Crippen LogP contribution in [-0.4, -0.2) is 33.9 Å². The maximum Gasteiger partial charge on any atom is 0.282 e. The molecule has 1 aromatic rings. The predicted molar refractivity (Wildman–Crippen MR) is 53.6 cm³/mol. The molecule has 0 aliphatic rings. The highest BCUT2D eigenvalue weighted by Gasteiger charge is 2.13. The van der Waals surface area contributed by atoms with Crippen molar-refractivity contribution in [1.82, 2.24) is 15.5 Å². The van der Waals surface area contributed by atoms with E-state index >= 15 is 0 Å². The van der Waals surface area contributed by atoms with Crippen LogP contribution in [0, 0.1) is 0 Å².